The molecule has 3 heterocycles. The predicted molar refractivity (Wildman–Crippen MR) is 106 cm³/mol. The number of ether oxygens (including phenoxy) is 2. The molecule has 2 aliphatic rings. The van der Waals surface area contributed by atoms with Gasteiger partial charge in [-0.15, -0.1) is 0 Å². The summed E-state index contributed by atoms with van der Waals surface area (Å²) in [6, 6.07) is -1.30. The number of halogens is 3. The largest absolute Gasteiger partial charge is 0.614 e. The molecular formula is C15H13Cl3N4O8S. The normalized spacial score (nSPS) is 23.0. The predicted octanol–water partition coefficient (Wildman–Crippen LogP) is 0.602. The molecule has 1 fully saturated rings. The molecule has 3 rings (SSSR count). The van der Waals surface area contributed by atoms with Crippen molar-refractivity contribution in [3.63, 3.8) is 0 Å². The van der Waals surface area contributed by atoms with Crippen LogP contribution in [0.1, 0.15) is 0 Å². The molecule has 2 N–H and O–H groups in total. The molecule has 2 amide bonds. The van der Waals surface area contributed by atoms with E-state index in [-0.39, 0.29) is 11.3 Å². The Morgan fingerprint density at radius 1 is 1.35 bits per heavy atom. The molecule has 1 saturated heterocycles. The lowest BCUT2D eigenvalue weighted by Gasteiger charge is -2.48. The summed E-state index contributed by atoms with van der Waals surface area (Å²) >= 11 is 14.6. The van der Waals surface area contributed by atoms with Crippen molar-refractivity contribution < 1.29 is 38.3 Å². The molecule has 2 unspecified atom stereocenters. The minimum atomic E-state index is -1.87. The van der Waals surface area contributed by atoms with E-state index >= 15 is 0 Å². The molecule has 1 aromatic rings. The highest BCUT2D eigenvalue weighted by atomic mass is 35.6. The van der Waals surface area contributed by atoms with Crippen molar-refractivity contribution in [1.29, 1.82) is 0 Å². The van der Waals surface area contributed by atoms with Crippen molar-refractivity contribution >= 4 is 70.0 Å². The molecule has 0 radical (unpaired) electrons. The van der Waals surface area contributed by atoms with E-state index in [0.29, 0.717) is 0 Å². The molecule has 0 aliphatic carbocycles. The number of carbonyl (C=O) groups is 4. The van der Waals surface area contributed by atoms with Crippen LogP contribution in [0.5, 0.6) is 0 Å². The molecule has 0 bridgehead atoms. The van der Waals surface area contributed by atoms with Crippen molar-refractivity contribution in [3.05, 3.63) is 30.0 Å². The maximum atomic E-state index is 12.6. The number of nitrogens with zero attached hydrogens (tertiary/aromatic N) is 3. The lowest BCUT2D eigenvalue weighted by Crippen LogP contribution is -2.75. The first-order valence-electron chi connectivity index (χ1n) is 8.30. The van der Waals surface area contributed by atoms with Gasteiger partial charge in [0.2, 0.25) is 9.17 Å². The van der Waals surface area contributed by atoms with E-state index < -0.39 is 69.4 Å². The van der Waals surface area contributed by atoms with E-state index in [1.54, 1.807) is 0 Å². The SMILES string of the molecule is O=C(NC1C(=O)N2C(C(=O)O)=C(COC(=O)n3ccnc3)C[S+]([O-])[C@@H]12)OCC(Cl)(Cl)Cl. The number of aliphatic carboxylic acids is 1. The molecule has 0 aromatic carbocycles. The van der Waals surface area contributed by atoms with Crippen molar-refractivity contribution in [2.45, 2.75) is 15.2 Å². The second-order valence-corrected chi connectivity index (χ2v) is 10.3. The van der Waals surface area contributed by atoms with Crippen LogP contribution in [0.15, 0.2) is 30.0 Å². The summed E-state index contributed by atoms with van der Waals surface area (Å²) in [5, 5.41) is 10.6. The van der Waals surface area contributed by atoms with E-state index in [0.717, 1.165) is 9.47 Å². The molecule has 12 nitrogen and oxygen atoms in total. The van der Waals surface area contributed by atoms with Crippen molar-refractivity contribution in [3.8, 4) is 0 Å². The summed E-state index contributed by atoms with van der Waals surface area (Å²) in [7, 11) is 0. The Kier molecular flexibility index (Phi) is 6.91. The summed E-state index contributed by atoms with van der Waals surface area (Å²) < 4.78 is 21.5. The first-order valence-corrected chi connectivity index (χ1v) is 10.8. The summed E-state index contributed by atoms with van der Waals surface area (Å²) in [6.07, 6.45) is 1.89. The van der Waals surface area contributed by atoms with Crippen molar-refractivity contribution in [2.75, 3.05) is 19.0 Å². The third-order valence-electron chi connectivity index (χ3n) is 4.13. The summed E-state index contributed by atoms with van der Waals surface area (Å²) in [5.41, 5.74) is -0.498. The van der Waals surface area contributed by atoms with Gasteiger partial charge in [0.25, 0.3) is 5.91 Å². The van der Waals surface area contributed by atoms with Crippen LogP contribution in [0.25, 0.3) is 0 Å². The second kappa shape index (κ2) is 9.12. The van der Waals surface area contributed by atoms with E-state index in [1.165, 1.54) is 18.7 Å². The number of hydrogen-bond donors (Lipinski definition) is 2. The fourth-order valence-electron chi connectivity index (χ4n) is 2.87. The van der Waals surface area contributed by atoms with Gasteiger partial charge in [-0.05, 0) is 11.2 Å². The number of fused-ring (bicyclic) bond motifs is 1. The highest BCUT2D eigenvalue weighted by molar-refractivity contribution is 7.92. The number of hydrogen-bond acceptors (Lipinski definition) is 8. The maximum Gasteiger partial charge on any atom is 0.419 e. The van der Waals surface area contributed by atoms with Crippen LogP contribution in [-0.4, -0.2) is 82.3 Å². The van der Waals surface area contributed by atoms with Gasteiger partial charge in [0.05, 0.1) is 0 Å². The van der Waals surface area contributed by atoms with E-state index in [1.807, 2.05) is 0 Å². The monoisotopic (exact) mass is 514 g/mol. The molecule has 1 aromatic heterocycles. The standard InChI is InChI=1S/C15H13Cl3N4O8S/c16-15(17,18)5-30-13(26)20-8-10(23)22-9(12(24)25)7(4-31(28)11(8)22)3-29-14(27)21-2-1-19-6-21/h1-2,6,8,11H,3-5H2,(H,20,26)(H,24,25)/t8?,11-,31?/m0/s1. The Hall–Kier alpha value is -2.19. The Morgan fingerprint density at radius 2 is 2.06 bits per heavy atom. The molecule has 3 atom stereocenters. The van der Waals surface area contributed by atoms with Gasteiger partial charge in [-0.1, -0.05) is 34.8 Å². The summed E-state index contributed by atoms with van der Waals surface area (Å²) in [6.45, 7) is -1.11. The Bertz CT molecular complexity index is 935. The number of rotatable bonds is 5. The second-order valence-electron chi connectivity index (χ2n) is 6.22. The molecule has 0 saturated carbocycles. The van der Waals surface area contributed by atoms with Crippen LogP contribution in [0.3, 0.4) is 0 Å². The number of β-lactam (4-membered cyclic amide) rings is 1. The quantitative estimate of drug-likeness (QED) is 0.325. The number of amides is 2. The van der Waals surface area contributed by atoms with Gasteiger partial charge in [-0.3, -0.25) is 9.69 Å². The van der Waals surface area contributed by atoms with Crippen LogP contribution < -0.4 is 5.32 Å². The number of carboxylic acids is 1. The highest BCUT2D eigenvalue weighted by Crippen LogP contribution is 2.37. The lowest BCUT2D eigenvalue weighted by atomic mass is 10.0. The number of alkyl carbamates (subject to hydrolysis) is 1. The van der Waals surface area contributed by atoms with Crippen molar-refractivity contribution in [2.24, 2.45) is 0 Å². The fraction of sp³-hybridized carbons (Fsp3) is 0.400. The van der Waals surface area contributed by atoms with E-state index in [4.69, 9.17) is 39.5 Å². The third kappa shape index (κ3) is 5.18. The number of alkyl halides is 3. The zero-order chi connectivity index (χ0) is 22.9. The van der Waals surface area contributed by atoms with Gasteiger partial charge in [-0.25, -0.2) is 23.9 Å². The molecule has 168 valence electrons. The summed E-state index contributed by atoms with van der Waals surface area (Å²) in [5.74, 6) is -2.62. The summed E-state index contributed by atoms with van der Waals surface area (Å²) in [4.78, 5) is 52.4. The van der Waals surface area contributed by atoms with Gasteiger partial charge < -0.3 is 24.4 Å². The Morgan fingerprint density at radius 3 is 2.65 bits per heavy atom. The van der Waals surface area contributed by atoms with Gasteiger partial charge in [0.1, 0.15) is 31.0 Å². The number of aromatic nitrogens is 2. The average molecular weight is 516 g/mol. The molecule has 31 heavy (non-hydrogen) atoms. The van der Waals surface area contributed by atoms with Crippen LogP contribution in [-0.2, 0) is 30.2 Å². The maximum absolute atomic E-state index is 12.6. The van der Waals surface area contributed by atoms with Crippen LogP contribution in [0, 0.1) is 0 Å². The van der Waals surface area contributed by atoms with E-state index in [2.05, 4.69) is 15.0 Å². The third-order valence-corrected chi connectivity index (χ3v) is 6.11. The van der Waals surface area contributed by atoms with Gasteiger partial charge in [0.15, 0.2) is 6.04 Å². The highest BCUT2D eigenvalue weighted by Gasteiger charge is 2.61. The molecule has 2 aliphatic heterocycles. The zero-order valence-corrected chi connectivity index (χ0v) is 18.3. The zero-order valence-electron chi connectivity index (χ0n) is 15.2. The van der Waals surface area contributed by atoms with Gasteiger partial charge >= 0.3 is 18.2 Å². The Balaban J connectivity index is 1.71. The van der Waals surface area contributed by atoms with E-state index in [9.17, 15) is 28.8 Å². The number of carboxylic acid groups (broad SMARTS) is 1. The van der Waals surface area contributed by atoms with Crippen LogP contribution >= 0.6 is 34.8 Å². The minimum Gasteiger partial charge on any atom is -0.614 e. The van der Waals surface area contributed by atoms with Gasteiger partial charge in [0, 0.05) is 18.0 Å². The van der Waals surface area contributed by atoms with Gasteiger partial charge in [-0.2, -0.15) is 0 Å². The molecule has 0 spiro atoms. The minimum absolute atomic E-state index is 0.0267. The number of nitrogens with one attached hydrogen (secondary N) is 1. The van der Waals surface area contributed by atoms with Crippen molar-refractivity contribution in [1.82, 2.24) is 19.8 Å². The number of imidazole rings is 1. The fourth-order valence-corrected chi connectivity index (χ4v) is 4.70. The van der Waals surface area contributed by atoms with Crippen LogP contribution in [0.4, 0.5) is 9.59 Å². The number of carbonyl (C=O) groups excluding carboxylic acids is 3. The smallest absolute Gasteiger partial charge is 0.419 e. The first kappa shape index (κ1) is 23.5. The first-order chi connectivity index (χ1) is 14.5. The molecular weight excluding hydrogens is 503 g/mol. The topological polar surface area (TPSA) is 163 Å². The molecule has 16 heteroatoms. The lowest BCUT2D eigenvalue weighted by molar-refractivity contribution is -0.149. The van der Waals surface area contributed by atoms with Crippen LogP contribution in [0.2, 0.25) is 0 Å². The Labute approximate surface area is 192 Å². The average Bonchev–Trinajstić information content (AvgIpc) is 3.22.